The zero-order valence-corrected chi connectivity index (χ0v) is 18.9. The predicted molar refractivity (Wildman–Crippen MR) is 121 cm³/mol. The van der Waals surface area contributed by atoms with Crippen molar-refractivity contribution in [1.82, 2.24) is 4.98 Å². The van der Waals surface area contributed by atoms with E-state index in [1.54, 1.807) is 0 Å². The number of hydrogen-bond donors (Lipinski definition) is 2. The Hall–Kier alpha value is -3.80. The molecule has 2 N–H and O–H groups in total. The highest BCUT2D eigenvalue weighted by Crippen LogP contribution is 2.34. The number of sulfonamides is 1. The van der Waals surface area contributed by atoms with Crippen LogP contribution < -0.4 is 10.3 Å². The molecule has 0 aliphatic heterocycles. The maximum Gasteiger partial charge on any atom is 0.417 e. The van der Waals surface area contributed by atoms with Gasteiger partial charge in [0.15, 0.2) is 0 Å². The molecule has 12 heteroatoms. The van der Waals surface area contributed by atoms with Crippen LogP contribution >= 0.6 is 0 Å². The number of anilines is 1. The summed E-state index contributed by atoms with van der Waals surface area (Å²) >= 11 is 0. The van der Waals surface area contributed by atoms with Crippen molar-refractivity contribution < 1.29 is 34.8 Å². The van der Waals surface area contributed by atoms with Crippen LogP contribution in [0.15, 0.2) is 82.5 Å². The lowest BCUT2D eigenvalue weighted by Gasteiger charge is -2.12. The van der Waals surface area contributed by atoms with Gasteiger partial charge in [0, 0.05) is 22.7 Å². The number of alkyl halides is 6. The summed E-state index contributed by atoms with van der Waals surface area (Å²) < 4.78 is 106. The van der Waals surface area contributed by atoms with E-state index in [1.165, 1.54) is 48.5 Å². The summed E-state index contributed by atoms with van der Waals surface area (Å²) in [5.74, 6) is 0. The molecule has 36 heavy (non-hydrogen) atoms. The predicted octanol–water partition coefficient (Wildman–Crippen LogP) is 5.96. The van der Waals surface area contributed by atoms with Crippen molar-refractivity contribution in [2.24, 2.45) is 0 Å². The number of pyridine rings is 1. The Morgan fingerprint density at radius 1 is 0.778 bits per heavy atom. The molecule has 0 fully saturated rings. The van der Waals surface area contributed by atoms with Crippen LogP contribution in [0.3, 0.4) is 0 Å². The minimum atomic E-state index is -4.73. The van der Waals surface area contributed by atoms with E-state index in [1.807, 2.05) is 0 Å². The number of rotatable bonds is 5. The van der Waals surface area contributed by atoms with Crippen molar-refractivity contribution in [1.29, 1.82) is 0 Å². The normalized spacial score (nSPS) is 12.6. The maximum atomic E-state index is 13.4. The Kier molecular flexibility index (Phi) is 6.33. The standard InChI is InChI=1S/C24H16F6N2O3S/c25-23(26,27)16-2-1-3-17(12-16)32-36(34,35)18-7-4-14(5-8-18)10-15-6-9-21-19(11-15)20(24(28,29)30)13-22(33)31-21/h1-9,11-13,32H,10H2,(H,31,33). The van der Waals surface area contributed by atoms with Gasteiger partial charge in [0.05, 0.1) is 16.0 Å². The van der Waals surface area contributed by atoms with E-state index in [0.29, 0.717) is 23.3 Å². The van der Waals surface area contributed by atoms with Crippen LogP contribution in [0.2, 0.25) is 0 Å². The minimum absolute atomic E-state index is 0.0284. The summed E-state index contributed by atoms with van der Waals surface area (Å²) in [6.07, 6.45) is -9.20. The van der Waals surface area contributed by atoms with E-state index >= 15 is 0 Å². The first kappa shape index (κ1) is 25.3. The van der Waals surface area contributed by atoms with Gasteiger partial charge in [-0.05, 0) is 60.0 Å². The molecule has 0 aliphatic carbocycles. The third kappa shape index (κ3) is 5.54. The minimum Gasteiger partial charge on any atom is -0.322 e. The van der Waals surface area contributed by atoms with Gasteiger partial charge in [0.2, 0.25) is 5.56 Å². The fourth-order valence-electron chi connectivity index (χ4n) is 3.64. The number of halogens is 6. The molecule has 0 aliphatic rings. The Labute approximate surface area is 200 Å². The van der Waals surface area contributed by atoms with Crippen molar-refractivity contribution in [2.45, 2.75) is 23.7 Å². The highest BCUT2D eigenvalue weighted by Gasteiger charge is 2.33. The Morgan fingerprint density at radius 2 is 1.44 bits per heavy atom. The first-order valence-electron chi connectivity index (χ1n) is 10.2. The fraction of sp³-hybridized carbons (Fsp3) is 0.125. The van der Waals surface area contributed by atoms with E-state index in [9.17, 15) is 39.6 Å². The van der Waals surface area contributed by atoms with Crippen LogP contribution in [-0.2, 0) is 28.8 Å². The van der Waals surface area contributed by atoms with Gasteiger partial charge in [0.1, 0.15) is 0 Å². The molecule has 4 rings (SSSR count). The van der Waals surface area contributed by atoms with Crippen LogP contribution in [0, 0.1) is 0 Å². The quantitative estimate of drug-likeness (QED) is 0.315. The van der Waals surface area contributed by atoms with E-state index in [-0.39, 0.29) is 27.9 Å². The first-order valence-corrected chi connectivity index (χ1v) is 11.7. The third-order valence-electron chi connectivity index (χ3n) is 5.30. The Morgan fingerprint density at radius 3 is 2.08 bits per heavy atom. The maximum absolute atomic E-state index is 13.4. The molecule has 0 spiro atoms. The van der Waals surface area contributed by atoms with E-state index < -0.39 is 39.1 Å². The summed E-state index contributed by atoms with van der Waals surface area (Å²) in [5.41, 5.74) is -2.12. The second-order valence-electron chi connectivity index (χ2n) is 7.93. The monoisotopic (exact) mass is 526 g/mol. The van der Waals surface area contributed by atoms with E-state index in [4.69, 9.17) is 0 Å². The van der Waals surface area contributed by atoms with Crippen LogP contribution in [0.4, 0.5) is 32.0 Å². The molecule has 0 saturated heterocycles. The molecular formula is C24H16F6N2O3S. The van der Waals surface area contributed by atoms with Crippen molar-refractivity contribution >= 4 is 26.6 Å². The largest absolute Gasteiger partial charge is 0.417 e. The zero-order valence-electron chi connectivity index (χ0n) is 18.0. The van der Waals surface area contributed by atoms with Gasteiger partial charge in [-0.25, -0.2) is 8.42 Å². The molecule has 1 aromatic heterocycles. The van der Waals surface area contributed by atoms with E-state index in [2.05, 4.69) is 9.71 Å². The summed E-state index contributed by atoms with van der Waals surface area (Å²) in [5, 5.41) is -0.177. The number of hydrogen-bond acceptors (Lipinski definition) is 3. The molecule has 0 unspecified atom stereocenters. The van der Waals surface area contributed by atoms with Gasteiger partial charge in [-0.1, -0.05) is 24.3 Å². The number of benzene rings is 3. The van der Waals surface area contributed by atoms with Gasteiger partial charge in [-0.3, -0.25) is 9.52 Å². The van der Waals surface area contributed by atoms with Gasteiger partial charge < -0.3 is 4.98 Å². The fourth-order valence-corrected chi connectivity index (χ4v) is 4.69. The smallest absolute Gasteiger partial charge is 0.322 e. The lowest BCUT2D eigenvalue weighted by Crippen LogP contribution is -2.14. The topological polar surface area (TPSA) is 79.0 Å². The summed E-state index contributed by atoms with van der Waals surface area (Å²) in [6.45, 7) is 0. The van der Waals surface area contributed by atoms with Crippen molar-refractivity contribution in [3.05, 3.63) is 105 Å². The van der Waals surface area contributed by atoms with E-state index in [0.717, 1.165) is 12.1 Å². The van der Waals surface area contributed by atoms with Crippen molar-refractivity contribution in [2.75, 3.05) is 4.72 Å². The number of nitrogens with one attached hydrogen (secondary N) is 2. The van der Waals surface area contributed by atoms with Crippen LogP contribution in [0.25, 0.3) is 10.9 Å². The Bertz CT molecular complexity index is 1590. The zero-order chi connectivity index (χ0) is 26.3. The molecular weight excluding hydrogens is 510 g/mol. The second kappa shape index (κ2) is 9.01. The highest BCUT2D eigenvalue weighted by molar-refractivity contribution is 7.92. The molecule has 5 nitrogen and oxygen atoms in total. The second-order valence-corrected chi connectivity index (χ2v) is 9.61. The van der Waals surface area contributed by atoms with Gasteiger partial charge >= 0.3 is 12.4 Å². The molecule has 0 amide bonds. The van der Waals surface area contributed by atoms with Gasteiger partial charge in [-0.15, -0.1) is 0 Å². The van der Waals surface area contributed by atoms with Crippen LogP contribution in [-0.4, -0.2) is 13.4 Å². The molecule has 1 heterocycles. The summed E-state index contributed by atoms with van der Waals surface area (Å²) in [6, 6.07) is 13.8. The number of H-pyrrole nitrogens is 1. The van der Waals surface area contributed by atoms with Gasteiger partial charge in [-0.2, -0.15) is 26.3 Å². The van der Waals surface area contributed by atoms with Crippen LogP contribution in [0.1, 0.15) is 22.3 Å². The average molecular weight is 526 g/mol. The lowest BCUT2D eigenvalue weighted by molar-refractivity contribution is -0.138. The molecule has 188 valence electrons. The average Bonchev–Trinajstić information content (AvgIpc) is 2.78. The molecule has 0 radical (unpaired) electrons. The Balaban J connectivity index is 1.57. The number of aromatic nitrogens is 1. The SMILES string of the molecule is O=c1cc(C(F)(F)F)c2cc(Cc3ccc(S(=O)(=O)Nc4cccc(C(F)(F)F)c4)cc3)ccc2[nH]1. The first-order chi connectivity index (χ1) is 16.7. The lowest BCUT2D eigenvalue weighted by atomic mass is 10.0. The number of aromatic amines is 1. The highest BCUT2D eigenvalue weighted by atomic mass is 32.2. The summed E-state index contributed by atoms with van der Waals surface area (Å²) in [4.78, 5) is 13.7. The molecule has 0 bridgehead atoms. The van der Waals surface area contributed by atoms with Crippen molar-refractivity contribution in [3.63, 3.8) is 0 Å². The third-order valence-corrected chi connectivity index (χ3v) is 6.69. The number of fused-ring (bicyclic) bond motifs is 1. The van der Waals surface area contributed by atoms with Crippen molar-refractivity contribution in [3.8, 4) is 0 Å². The molecule has 4 aromatic rings. The molecule has 0 saturated carbocycles. The van der Waals surface area contributed by atoms with Crippen LogP contribution in [0.5, 0.6) is 0 Å². The van der Waals surface area contributed by atoms with Gasteiger partial charge in [0.25, 0.3) is 10.0 Å². The molecule has 0 atom stereocenters. The summed E-state index contributed by atoms with van der Waals surface area (Å²) in [7, 11) is -4.20. The molecule has 3 aromatic carbocycles.